The standard InChI is InChI=1S/C14H12F3N3O/c15-14(16,17)11-9-12(20-13(18)19-11)21-8-4-7-10-5-2-1-3-6-10/h1-7,9H,8H2,(H2,18,19,20)/b7-4+. The number of alkyl halides is 3. The summed E-state index contributed by atoms with van der Waals surface area (Å²) in [4.78, 5) is 6.73. The van der Waals surface area contributed by atoms with Crippen LogP contribution in [0.15, 0.2) is 42.5 Å². The maximum absolute atomic E-state index is 12.5. The molecule has 1 heterocycles. The molecule has 2 rings (SSSR count). The fourth-order valence-electron chi connectivity index (χ4n) is 1.54. The van der Waals surface area contributed by atoms with Crippen molar-refractivity contribution in [2.45, 2.75) is 6.18 Å². The molecule has 0 atom stereocenters. The van der Waals surface area contributed by atoms with Crippen molar-refractivity contribution in [3.8, 4) is 5.88 Å². The van der Waals surface area contributed by atoms with Crippen molar-refractivity contribution in [1.29, 1.82) is 0 Å². The summed E-state index contributed by atoms with van der Waals surface area (Å²) in [6, 6.07) is 10.1. The third-order valence-corrected chi connectivity index (χ3v) is 2.45. The predicted octanol–water partition coefficient (Wildman–Crippen LogP) is 3.17. The minimum Gasteiger partial charge on any atom is -0.473 e. The second kappa shape index (κ2) is 6.25. The second-order valence-corrected chi connectivity index (χ2v) is 4.07. The predicted molar refractivity (Wildman–Crippen MR) is 72.4 cm³/mol. The van der Waals surface area contributed by atoms with Crippen molar-refractivity contribution in [2.24, 2.45) is 0 Å². The molecule has 0 aliphatic rings. The summed E-state index contributed by atoms with van der Waals surface area (Å²) in [7, 11) is 0. The van der Waals surface area contributed by atoms with Gasteiger partial charge in [0.2, 0.25) is 11.8 Å². The minimum absolute atomic E-state index is 0.0721. The summed E-state index contributed by atoms with van der Waals surface area (Å²) in [6.45, 7) is 0.0721. The van der Waals surface area contributed by atoms with E-state index in [0.717, 1.165) is 5.56 Å². The van der Waals surface area contributed by atoms with E-state index in [4.69, 9.17) is 10.5 Å². The number of aromatic nitrogens is 2. The highest BCUT2D eigenvalue weighted by Crippen LogP contribution is 2.29. The van der Waals surface area contributed by atoms with Gasteiger partial charge in [-0.25, -0.2) is 4.98 Å². The van der Waals surface area contributed by atoms with Crippen LogP contribution in [-0.2, 0) is 6.18 Å². The number of halogens is 3. The van der Waals surface area contributed by atoms with Crippen molar-refractivity contribution < 1.29 is 17.9 Å². The molecular formula is C14H12F3N3O. The molecule has 0 aliphatic carbocycles. The van der Waals surface area contributed by atoms with E-state index in [1.807, 2.05) is 30.3 Å². The first-order valence-electron chi connectivity index (χ1n) is 6.01. The number of ether oxygens (including phenoxy) is 1. The number of nitrogens with two attached hydrogens (primary N) is 1. The van der Waals surface area contributed by atoms with Crippen LogP contribution in [-0.4, -0.2) is 16.6 Å². The maximum atomic E-state index is 12.5. The van der Waals surface area contributed by atoms with Gasteiger partial charge < -0.3 is 10.5 Å². The Morgan fingerprint density at radius 3 is 2.52 bits per heavy atom. The van der Waals surface area contributed by atoms with Crippen LogP contribution in [0.3, 0.4) is 0 Å². The molecule has 0 saturated heterocycles. The quantitative estimate of drug-likeness (QED) is 0.941. The molecule has 0 spiro atoms. The van der Waals surface area contributed by atoms with Gasteiger partial charge in [-0.05, 0) is 11.6 Å². The van der Waals surface area contributed by atoms with Crippen LogP contribution in [0.5, 0.6) is 5.88 Å². The Bertz CT molecular complexity index is 627. The smallest absolute Gasteiger partial charge is 0.433 e. The van der Waals surface area contributed by atoms with E-state index in [1.54, 1.807) is 12.2 Å². The van der Waals surface area contributed by atoms with E-state index in [-0.39, 0.29) is 12.5 Å². The summed E-state index contributed by atoms with van der Waals surface area (Å²) in [6.07, 6.45) is -1.13. The molecule has 7 heteroatoms. The van der Waals surface area contributed by atoms with E-state index in [1.165, 1.54) is 0 Å². The Morgan fingerprint density at radius 2 is 1.86 bits per heavy atom. The highest BCUT2D eigenvalue weighted by atomic mass is 19.4. The van der Waals surface area contributed by atoms with E-state index in [0.29, 0.717) is 6.07 Å². The van der Waals surface area contributed by atoms with Crippen molar-refractivity contribution in [3.05, 3.63) is 53.7 Å². The zero-order valence-corrected chi connectivity index (χ0v) is 10.8. The number of hydrogen-bond acceptors (Lipinski definition) is 4. The van der Waals surface area contributed by atoms with E-state index in [2.05, 4.69) is 9.97 Å². The topological polar surface area (TPSA) is 61.0 Å². The second-order valence-electron chi connectivity index (χ2n) is 4.07. The van der Waals surface area contributed by atoms with Gasteiger partial charge in [0.1, 0.15) is 6.61 Å². The van der Waals surface area contributed by atoms with Crippen LogP contribution < -0.4 is 10.5 Å². The molecular weight excluding hydrogens is 283 g/mol. The lowest BCUT2D eigenvalue weighted by molar-refractivity contribution is -0.141. The molecule has 110 valence electrons. The van der Waals surface area contributed by atoms with Gasteiger partial charge in [0.05, 0.1) is 0 Å². The summed E-state index contributed by atoms with van der Waals surface area (Å²) in [5, 5.41) is 0. The van der Waals surface area contributed by atoms with E-state index < -0.39 is 17.8 Å². The third kappa shape index (κ3) is 4.48. The van der Waals surface area contributed by atoms with Crippen LogP contribution in [0.25, 0.3) is 6.08 Å². The molecule has 0 unspecified atom stereocenters. The molecule has 0 bridgehead atoms. The zero-order chi connectivity index (χ0) is 15.3. The number of nitrogens with zero attached hydrogens (tertiary/aromatic N) is 2. The average Bonchev–Trinajstić information content (AvgIpc) is 2.43. The molecule has 2 N–H and O–H groups in total. The van der Waals surface area contributed by atoms with Gasteiger partial charge in [-0.3, -0.25) is 0 Å². The monoisotopic (exact) mass is 295 g/mol. The first-order chi connectivity index (χ1) is 9.95. The van der Waals surface area contributed by atoms with E-state index in [9.17, 15) is 13.2 Å². The molecule has 4 nitrogen and oxygen atoms in total. The molecule has 1 aromatic carbocycles. The van der Waals surface area contributed by atoms with Gasteiger partial charge in [0, 0.05) is 6.07 Å². The molecule has 0 radical (unpaired) electrons. The molecule has 1 aromatic heterocycles. The number of nitrogen functional groups attached to an aromatic ring is 1. The van der Waals surface area contributed by atoms with Crippen LogP contribution >= 0.6 is 0 Å². The zero-order valence-electron chi connectivity index (χ0n) is 10.8. The first-order valence-corrected chi connectivity index (χ1v) is 6.01. The van der Waals surface area contributed by atoms with Gasteiger partial charge in [-0.1, -0.05) is 36.4 Å². The van der Waals surface area contributed by atoms with Crippen molar-refractivity contribution in [2.75, 3.05) is 12.3 Å². The lowest BCUT2D eigenvalue weighted by atomic mass is 10.2. The van der Waals surface area contributed by atoms with Crippen LogP contribution in [0.4, 0.5) is 19.1 Å². The van der Waals surface area contributed by atoms with Gasteiger partial charge in [0.25, 0.3) is 0 Å². The molecule has 0 aliphatic heterocycles. The largest absolute Gasteiger partial charge is 0.473 e. The highest BCUT2D eigenvalue weighted by molar-refractivity contribution is 5.48. The first kappa shape index (κ1) is 14.8. The van der Waals surface area contributed by atoms with Crippen molar-refractivity contribution >= 4 is 12.0 Å². The Morgan fingerprint density at radius 1 is 1.14 bits per heavy atom. The number of anilines is 1. The molecule has 0 fully saturated rings. The molecule has 2 aromatic rings. The van der Waals surface area contributed by atoms with Crippen LogP contribution in [0, 0.1) is 0 Å². The summed E-state index contributed by atoms with van der Waals surface area (Å²) < 4.78 is 42.8. The van der Waals surface area contributed by atoms with E-state index >= 15 is 0 Å². The summed E-state index contributed by atoms with van der Waals surface area (Å²) >= 11 is 0. The Kier molecular flexibility index (Phi) is 4.42. The maximum Gasteiger partial charge on any atom is 0.433 e. The minimum atomic E-state index is -4.59. The molecule has 21 heavy (non-hydrogen) atoms. The highest BCUT2D eigenvalue weighted by Gasteiger charge is 2.33. The summed E-state index contributed by atoms with van der Waals surface area (Å²) in [5.74, 6) is -0.695. The number of hydrogen-bond donors (Lipinski definition) is 1. The fraction of sp³-hybridized carbons (Fsp3) is 0.143. The van der Waals surface area contributed by atoms with Gasteiger partial charge in [0.15, 0.2) is 5.69 Å². The lowest BCUT2D eigenvalue weighted by Crippen LogP contribution is -2.11. The molecule has 0 amide bonds. The van der Waals surface area contributed by atoms with Crippen LogP contribution in [0.2, 0.25) is 0 Å². The normalized spacial score (nSPS) is 11.8. The Labute approximate surface area is 119 Å². The van der Waals surface area contributed by atoms with Gasteiger partial charge in [-0.15, -0.1) is 0 Å². The fourth-order valence-corrected chi connectivity index (χ4v) is 1.54. The van der Waals surface area contributed by atoms with Crippen molar-refractivity contribution in [1.82, 2.24) is 9.97 Å². The average molecular weight is 295 g/mol. The number of rotatable bonds is 4. The van der Waals surface area contributed by atoms with Gasteiger partial charge in [-0.2, -0.15) is 18.2 Å². The Hall–Kier alpha value is -2.57. The van der Waals surface area contributed by atoms with Crippen LogP contribution in [0.1, 0.15) is 11.3 Å². The third-order valence-electron chi connectivity index (χ3n) is 2.45. The summed E-state index contributed by atoms with van der Waals surface area (Å²) in [5.41, 5.74) is 5.06. The number of benzene rings is 1. The SMILES string of the molecule is Nc1nc(OC/C=C/c2ccccc2)cc(C(F)(F)F)n1. The molecule has 0 saturated carbocycles. The van der Waals surface area contributed by atoms with Crippen molar-refractivity contribution in [3.63, 3.8) is 0 Å². The lowest BCUT2D eigenvalue weighted by Gasteiger charge is -2.08. The van der Waals surface area contributed by atoms with Gasteiger partial charge >= 0.3 is 6.18 Å². The Balaban J connectivity index is 2.00.